The highest BCUT2D eigenvalue weighted by atomic mass is 16.3. The molecule has 17 heavy (non-hydrogen) atoms. The molecule has 3 unspecified atom stereocenters. The highest BCUT2D eigenvalue weighted by Crippen LogP contribution is 2.10. The molecular weight excluding hydrogens is 216 g/mol. The molecule has 0 aliphatic rings. The van der Waals surface area contributed by atoms with Gasteiger partial charge in [0.15, 0.2) is 0 Å². The third-order valence-corrected chi connectivity index (χ3v) is 2.95. The topological polar surface area (TPSA) is 75.3 Å². The van der Waals surface area contributed by atoms with Crippen LogP contribution in [0.15, 0.2) is 30.3 Å². The van der Waals surface area contributed by atoms with E-state index in [1.165, 1.54) is 0 Å². The van der Waals surface area contributed by atoms with Crippen LogP contribution in [0.5, 0.6) is 0 Å². The smallest absolute Gasteiger partial charge is 0.241 e. The number of hydrogen-bond donors (Lipinski definition) is 3. The number of nitrogens with one attached hydrogen (secondary N) is 1. The summed E-state index contributed by atoms with van der Waals surface area (Å²) in [6.45, 7) is 3.78. The number of aliphatic hydroxyl groups is 1. The molecule has 0 spiro atoms. The van der Waals surface area contributed by atoms with Crippen molar-refractivity contribution in [3.8, 4) is 0 Å². The fraction of sp³-hybridized carbons (Fsp3) is 0.462. The first-order chi connectivity index (χ1) is 8.06. The van der Waals surface area contributed by atoms with E-state index in [4.69, 9.17) is 10.8 Å². The number of benzene rings is 1. The van der Waals surface area contributed by atoms with Crippen molar-refractivity contribution < 1.29 is 9.90 Å². The number of rotatable bonds is 5. The molecule has 0 fully saturated rings. The summed E-state index contributed by atoms with van der Waals surface area (Å²) >= 11 is 0. The maximum atomic E-state index is 11.9. The summed E-state index contributed by atoms with van der Waals surface area (Å²) in [5.41, 5.74) is 6.64. The Hall–Kier alpha value is -1.39. The molecule has 0 saturated heterocycles. The van der Waals surface area contributed by atoms with E-state index in [-0.39, 0.29) is 24.5 Å². The van der Waals surface area contributed by atoms with Crippen molar-refractivity contribution in [2.75, 3.05) is 6.61 Å². The molecule has 94 valence electrons. The second-order valence-electron chi connectivity index (χ2n) is 4.35. The summed E-state index contributed by atoms with van der Waals surface area (Å²) in [5, 5.41) is 11.8. The predicted octanol–water partition coefficient (Wildman–Crippen LogP) is 0.819. The Morgan fingerprint density at radius 3 is 2.47 bits per heavy atom. The minimum atomic E-state index is -0.662. The van der Waals surface area contributed by atoms with E-state index < -0.39 is 6.04 Å². The lowest BCUT2D eigenvalue weighted by Crippen LogP contribution is -2.43. The average Bonchev–Trinajstić information content (AvgIpc) is 2.37. The largest absolute Gasteiger partial charge is 0.396 e. The standard InChI is InChI=1S/C13H20N2O2/c1-9(8-16)10(2)15-13(17)12(14)11-6-4-3-5-7-11/h3-7,9-10,12,16H,8,14H2,1-2H3,(H,15,17). The van der Waals surface area contributed by atoms with Gasteiger partial charge in [0.1, 0.15) is 6.04 Å². The van der Waals surface area contributed by atoms with Gasteiger partial charge in [0.2, 0.25) is 5.91 Å². The molecule has 0 aromatic heterocycles. The van der Waals surface area contributed by atoms with Gasteiger partial charge in [-0.1, -0.05) is 37.3 Å². The van der Waals surface area contributed by atoms with Crippen LogP contribution in [0.1, 0.15) is 25.5 Å². The van der Waals surface area contributed by atoms with E-state index in [1.807, 2.05) is 44.2 Å². The van der Waals surface area contributed by atoms with Crippen molar-refractivity contribution in [2.24, 2.45) is 11.7 Å². The third kappa shape index (κ3) is 3.84. The Morgan fingerprint density at radius 1 is 1.35 bits per heavy atom. The summed E-state index contributed by atoms with van der Waals surface area (Å²) in [5.74, 6) is -0.203. The van der Waals surface area contributed by atoms with Gasteiger partial charge < -0.3 is 16.2 Å². The number of amides is 1. The fourth-order valence-corrected chi connectivity index (χ4v) is 1.43. The molecule has 1 aromatic rings. The van der Waals surface area contributed by atoms with Crippen molar-refractivity contribution in [2.45, 2.75) is 25.9 Å². The highest BCUT2D eigenvalue weighted by molar-refractivity contribution is 5.83. The van der Waals surface area contributed by atoms with Crippen LogP contribution in [0.4, 0.5) is 0 Å². The minimum absolute atomic E-state index is 0.0157. The quantitative estimate of drug-likeness (QED) is 0.708. The van der Waals surface area contributed by atoms with E-state index in [0.29, 0.717) is 0 Å². The van der Waals surface area contributed by atoms with Gasteiger partial charge in [-0.15, -0.1) is 0 Å². The Morgan fingerprint density at radius 2 is 1.94 bits per heavy atom. The van der Waals surface area contributed by atoms with Crippen molar-refractivity contribution >= 4 is 5.91 Å². The zero-order chi connectivity index (χ0) is 12.8. The summed E-state index contributed by atoms with van der Waals surface area (Å²) in [7, 11) is 0. The third-order valence-electron chi connectivity index (χ3n) is 2.95. The van der Waals surface area contributed by atoms with Crippen LogP contribution in [0.2, 0.25) is 0 Å². The first-order valence-electron chi connectivity index (χ1n) is 5.78. The van der Waals surface area contributed by atoms with Crippen molar-refractivity contribution in [3.05, 3.63) is 35.9 Å². The van der Waals surface area contributed by atoms with E-state index in [2.05, 4.69) is 5.32 Å². The van der Waals surface area contributed by atoms with Crippen LogP contribution >= 0.6 is 0 Å². The number of aliphatic hydroxyl groups excluding tert-OH is 1. The second-order valence-corrected chi connectivity index (χ2v) is 4.35. The van der Waals surface area contributed by atoms with E-state index in [0.717, 1.165) is 5.56 Å². The summed E-state index contributed by atoms with van der Waals surface area (Å²) in [6.07, 6.45) is 0. The lowest BCUT2D eigenvalue weighted by molar-refractivity contribution is -0.123. The number of hydrogen-bond acceptors (Lipinski definition) is 3. The fourth-order valence-electron chi connectivity index (χ4n) is 1.43. The molecule has 1 amide bonds. The van der Waals surface area contributed by atoms with Crippen LogP contribution < -0.4 is 11.1 Å². The van der Waals surface area contributed by atoms with Gasteiger partial charge in [-0.25, -0.2) is 0 Å². The lowest BCUT2D eigenvalue weighted by atomic mass is 10.0. The molecule has 0 aliphatic carbocycles. The molecule has 0 saturated carbocycles. The molecule has 0 radical (unpaired) electrons. The molecule has 0 bridgehead atoms. The second kappa shape index (κ2) is 6.37. The number of carbonyl (C=O) groups is 1. The zero-order valence-electron chi connectivity index (χ0n) is 10.3. The number of carbonyl (C=O) groups excluding carboxylic acids is 1. The van der Waals surface area contributed by atoms with Crippen LogP contribution in [-0.4, -0.2) is 23.7 Å². The van der Waals surface area contributed by atoms with Crippen LogP contribution in [0.3, 0.4) is 0 Å². The molecule has 4 nitrogen and oxygen atoms in total. The predicted molar refractivity (Wildman–Crippen MR) is 67.2 cm³/mol. The molecule has 1 rings (SSSR count). The van der Waals surface area contributed by atoms with E-state index in [9.17, 15) is 4.79 Å². The average molecular weight is 236 g/mol. The molecule has 4 heteroatoms. The molecule has 4 N–H and O–H groups in total. The zero-order valence-corrected chi connectivity index (χ0v) is 10.3. The normalized spacial score (nSPS) is 16.0. The van der Waals surface area contributed by atoms with Crippen LogP contribution in [0.25, 0.3) is 0 Å². The molecule has 3 atom stereocenters. The van der Waals surface area contributed by atoms with Crippen molar-refractivity contribution in [3.63, 3.8) is 0 Å². The van der Waals surface area contributed by atoms with Crippen LogP contribution in [-0.2, 0) is 4.79 Å². The molecule has 1 aromatic carbocycles. The molecular formula is C13H20N2O2. The van der Waals surface area contributed by atoms with Gasteiger partial charge in [0.25, 0.3) is 0 Å². The Bertz CT molecular complexity index is 354. The first kappa shape index (κ1) is 13.7. The lowest BCUT2D eigenvalue weighted by Gasteiger charge is -2.21. The maximum absolute atomic E-state index is 11.9. The van der Waals surface area contributed by atoms with Crippen molar-refractivity contribution in [1.29, 1.82) is 0 Å². The van der Waals surface area contributed by atoms with Gasteiger partial charge >= 0.3 is 0 Å². The Kier molecular flexibility index (Phi) is 5.12. The Balaban J connectivity index is 2.59. The van der Waals surface area contributed by atoms with Gasteiger partial charge in [0.05, 0.1) is 0 Å². The van der Waals surface area contributed by atoms with E-state index >= 15 is 0 Å². The van der Waals surface area contributed by atoms with Gasteiger partial charge in [-0.05, 0) is 18.4 Å². The van der Waals surface area contributed by atoms with Crippen molar-refractivity contribution in [1.82, 2.24) is 5.32 Å². The van der Waals surface area contributed by atoms with Gasteiger partial charge in [-0.3, -0.25) is 4.79 Å². The van der Waals surface area contributed by atoms with Crippen LogP contribution in [0, 0.1) is 5.92 Å². The van der Waals surface area contributed by atoms with Gasteiger partial charge in [0, 0.05) is 12.6 Å². The molecule has 0 aliphatic heterocycles. The maximum Gasteiger partial charge on any atom is 0.241 e. The first-order valence-corrected chi connectivity index (χ1v) is 5.78. The highest BCUT2D eigenvalue weighted by Gasteiger charge is 2.19. The van der Waals surface area contributed by atoms with Gasteiger partial charge in [-0.2, -0.15) is 0 Å². The Labute approximate surface area is 102 Å². The van der Waals surface area contributed by atoms with E-state index in [1.54, 1.807) is 0 Å². The SMILES string of the molecule is CC(CO)C(C)NC(=O)C(N)c1ccccc1. The minimum Gasteiger partial charge on any atom is -0.396 e. The summed E-state index contributed by atoms with van der Waals surface area (Å²) in [4.78, 5) is 11.9. The molecule has 0 heterocycles. The summed E-state index contributed by atoms with van der Waals surface area (Å²) < 4.78 is 0. The summed E-state index contributed by atoms with van der Waals surface area (Å²) in [6, 6.07) is 8.47. The number of nitrogens with two attached hydrogens (primary N) is 1. The monoisotopic (exact) mass is 236 g/mol.